The van der Waals surface area contributed by atoms with Crippen molar-refractivity contribution < 1.29 is 14.3 Å². The van der Waals surface area contributed by atoms with Crippen LogP contribution < -0.4 is 14.8 Å². The summed E-state index contributed by atoms with van der Waals surface area (Å²) in [5.41, 5.74) is 1.27. The molecule has 0 saturated carbocycles. The van der Waals surface area contributed by atoms with Crippen LogP contribution in [0.4, 0.5) is 4.79 Å². The molecular formula is C22H34N4O3. The lowest BCUT2D eigenvalue weighted by Crippen LogP contribution is -2.56. The largest absolute Gasteiger partial charge is 0.454 e. The Kier molecular flexibility index (Phi) is 6.77. The summed E-state index contributed by atoms with van der Waals surface area (Å²) in [6.07, 6.45) is 4.46. The van der Waals surface area contributed by atoms with Crippen molar-refractivity contribution in [2.24, 2.45) is 0 Å². The van der Waals surface area contributed by atoms with Crippen LogP contribution in [0, 0.1) is 0 Å². The van der Waals surface area contributed by atoms with Crippen molar-refractivity contribution >= 4 is 6.03 Å². The molecular weight excluding hydrogens is 368 g/mol. The van der Waals surface area contributed by atoms with Crippen LogP contribution in [-0.2, 0) is 6.54 Å². The number of urea groups is 1. The van der Waals surface area contributed by atoms with Crippen LogP contribution in [0.5, 0.6) is 11.5 Å². The van der Waals surface area contributed by atoms with E-state index in [1.165, 1.54) is 12.0 Å². The predicted octanol–water partition coefficient (Wildman–Crippen LogP) is 2.51. The molecule has 1 aromatic carbocycles. The zero-order chi connectivity index (χ0) is 20.1. The summed E-state index contributed by atoms with van der Waals surface area (Å²) in [5, 5.41) is 3.07. The number of carbonyl (C=O) groups excluding carboxylic acids is 1. The highest BCUT2D eigenvalue weighted by Gasteiger charge is 2.30. The van der Waals surface area contributed by atoms with Gasteiger partial charge in [-0.05, 0) is 37.0 Å². The Bertz CT molecular complexity index is 691. The lowest BCUT2D eigenvalue weighted by atomic mass is 10.0. The number of piperazine rings is 1. The molecule has 0 unspecified atom stereocenters. The van der Waals surface area contributed by atoms with Gasteiger partial charge in [-0.3, -0.25) is 9.80 Å². The third-order valence-electron chi connectivity index (χ3n) is 6.26. The quantitative estimate of drug-likeness (QED) is 0.741. The second-order valence-corrected chi connectivity index (χ2v) is 8.33. The molecule has 2 saturated heterocycles. The number of benzene rings is 1. The van der Waals surface area contributed by atoms with Gasteiger partial charge in [0, 0.05) is 58.4 Å². The lowest BCUT2D eigenvalue weighted by molar-refractivity contribution is 0.0581. The van der Waals surface area contributed by atoms with E-state index in [1.807, 2.05) is 11.0 Å². The summed E-state index contributed by atoms with van der Waals surface area (Å²) in [7, 11) is 0. The molecule has 1 N–H and O–H groups in total. The van der Waals surface area contributed by atoms with Gasteiger partial charge in [0.1, 0.15) is 0 Å². The number of piperidine rings is 1. The van der Waals surface area contributed by atoms with Gasteiger partial charge in [-0.1, -0.05) is 19.4 Å². The van der Waals surface area contributed by atoms with Gasteiger partial charge in [0.25, 0.3) is 0 Å². The van der Waals surface area contributed by atoms with Gasteiger partial charge >= 0.3 is 6.03 Å². The van der Waals surface area contributed by atoms with Crippen molar-refractivity contribution in [1.82, 2.24) is 20.0 Å². The van der Waals surface area contributed by atoms with E-state index in [-0.39, 0.29) is 6.03 Å². The first-order valence-electron chi connectivity index (χ1n) is 11.1. The highest BCUT2D eigenvalue weighted by molar-refractivity contribution is 5.74. The van der Waals surface area contributed by atoms with Crippen LogP contribution in [0.3, 0.4) is 0 Å². The van der Waals surface area contributed by atoms with E-state index in [4.69, 9.17) is 9.47 Å². The highest BCUT2D eigenvalue weighted by Crippen LogP contribution is 2.33. The molecule has 0 radical (unpaired) electrons. The van der Waals surface area contributed by atoms with E-state index in [0.29, 0.717) is 12.8 Å². The van der Waals surface area contributed by atoms with Crippen LogP contribution in [0.15, 0.2) is 18.2 Å². The number of rotatable bonds is 6. The zero-order valence-corrected chi connectivity index (χ0v) is 17.6. The number of ether oxygens (including phenoxy) is 2. The van der Waals surface area contributed by atoms with Gasteiger partial charge < -0.3 is 19.7 Å². The summed E-state index contributed by atoms with van der Waals surface area (Å²) in [4.78, 5) is 19.5. The van der Waals surface area contributed by atoms with E-state index in [9.17, 15) is 4.79 Å². The van der Waals surface area contributed by atoms with Crippen LogP contribution in [-0.4, -0.2) is 79.4 Å². The number of likely N-dealkylation sites (tertiary alicyclic amines) is 1. The fourth-order valence-corrected chi connectivity index (χ4v) is 4.51. The second kappa shape index (κ2) is 9.67. The Labute approximate surface area is 173 Å². The lowest BCUT2D eigenvalue weighted by Gasteiger charge is -2.43. The van der Waals surface area contributed by atoms with Crippen molar-refractivity contribution in [3.8, 4) is 11.5 Å². The van der Waals surface area contributed by atoms with Gasteiger partial charge in [0.15, 0.2) is 11.5 Å². The van der Waals surface area contributed by atoms with Crippen LogP contribution in [0.1, 0.15) is 38.2 Å². The molecule has 160 valence electrons. The Balaban J connectivity index is 1.23. The molecule has 7 nitrogen and oxygen atoms in total. The van der Waals surface area contributed by atoms with Gasteiger partial charge in [0.2, 0.25) is 6.79 Å². The van der Waals surface area contributed by atoms with Crippen molar-refractivity contribution in [3.05, 3.63) is 23.8 Å². The number of carbonyl (C=O) groups is 1. The van der Waals surface area contributed by atoms with Crippen molar-refractivity contribution in [1.29, 1.82) is 0 Å². The van der Waals surface area contributed by atoms with E-state index in [2.05, 4.69) is 34.2 Å². The normalized spacial score (nSPS) is 22.7. The summed E-state index contributed by atoms with van der Waals surface area (Å²) in [6, 6.07) is 6.86. The minimum Gasteiger partial charge on any atom is -0.454 e. The van der Waals surface area contributed by atoms with Crippen LogP contribution in [0.2, 0.25) is 0 Å². The standard InChI is InChI=1S/C22H34N4O3/c1-2-3-8-23-22(27)26-9-4-5-19(16-26)25-12-10-24(11-13-25)15-18-6-7-20-21(14-18)29-17-28-20/h6-7,14,19H,2-5,8-13,15-17H2,1H3,(H,23,27)/t19-/m1/s1. The highest BCUT2D eigenvalue weighted by atomic mass is 16.7. The Morgan fingerprint density at radius 3 is 2.79 bits per heavy atom. The molecule has 0 aliphatic carbocycles. The Morgan fingerprint density at radius 2 is 1.97 bits per heavy atom. The van der Waals surface area contributed by atoms with E-state index in [0.717, 1.165) is 83.1 Å². The van der Waals surface area contributed by atoms with Gasteiger partial charge in [-0.15, -0.1) is 0 Å². The number of unbranched alkanes of at least 4 members (excludes halogenated alkanes) is 1. The molecule has 29 heavy (non-hydrogen) atoms. The fourth-order valence-electron chi connectivity index (χ4n) is 4.51. The van der Waals surface area contributed by atoms with Gasteiger partial charge in [-0.25, -0.2) is 4.79 Å². The third-order valence-corrected chi connectivity index (χ3v) is 6.26. The summed E-state index contributed by atoms with van der Waals surface area (Å²) in [6.45, 7) is 10.2. The third kappa shape index (κ3) is 5.14. The maximum atomic E-state index is 12.4. The first-order valence-corrected chi connectivity index (χ1v) is 11.1. The molecule has 3 aliphatic heterocycles. The van der Waals surface area contributed by atoms with Crippen LogP contribution in [0.25, 0.3) is 0 Å². The number of hydrogen-bond donors (Lipinski definition) is 1. The van der Waals surface area contributed by atoms with E-state index < -0.39 is 0 Å². The second-order valence-electron chi connectivity index (χ2n) is 8.33. The Morgan fingerprint density at radius 1 is 1.14 bits per heavy atom. The topological polar surface area (TPSA) is 57.3 Å². The van der Waals surface area contributed by atoms with Crippen molar-refractivity contribution in [2.75, 3.05) is 52.6 Å². The molecule has 0 spiro atoms. The van der Waals surface area contributed by atoms with Crippen LogP contribution >= 0.6 is 0 Å². The molecule has 7 heteroatoms. The minimum absolute atomic E-state index is 0.115. The maximum absolute atomic E-state index is 12.4. The zero-order valence-electron chi connectivity index (χ0n) is 17.6. The molecule has 2 fully saturated rings. The summed E-state index contributed by atoms with van der Waals surface area (Å²) < 4.78 is 10.9. The first-order chi connectivity index (χ1) is 14.2. The van der Waals surface area contributed by atoms with E-state index in [1.54, 1.807) is 0 Å². The van der Waals surface area contributed by atoms with Gasteiger partial charge in [-0.2, -0.15) is 0 Å². The molecule has 1 atom stereocenters. The number of nitrogens with one attached hydrogen (secondary N) is 1. The molecule has 3 heterocycles. The molecule has 2 amide bonds. The molecule has 0 aromatic heterocycles. The average Bonchev–Trinajstić information content (AvgIpc) is 3.22. The minimum atomic E-state index is 0.115. The molecule has 0 bridgehead atoms. The Hall–Kier alpha value is -1.99. The van der Waals surface area contributed by atoms with Crippen molar-refractivity contribution in [3.63, 3.8) is 0 Å². The molecule has 4 rings (SSSR count). The molecule has 3 aliphatic rings. The molecule has 1 aromatic rings. The monoisotopic (exact) mass is 402 g/mol. The number of amides is 2. The number of nitrogens with zero attached hydrogens (tertiary/aromatic N) is 3. The summed E-state index contributed by atoms with van der Waals surface area (Å²) >= 11 is 0. The van der Waals surface area contributed by atoms with E-state index >= 15 is 0 Å². The first kappa shape index (κ1) is 20.3. The SMILES string of the molecule is CCCCNC(=O)N1CCC[C@@H](N2CCN(Cc3ccc4c(c3)OCO4)CC2)C1. The average molecular weight is 403 g/mol. The number of fused-ring (bicyclic) bond motifs is 1. The predicted molar refractivity (Wildman–Crippen MR) is 112 cm³/mol. The fraction of sp³-hybridized carbons (Fsp3) is 0.682. The summed E-state index contributed by atoms with van der Waals surface area (Å²) in [5.74, 6) is 1.71. The number of hydrogen-bond acceptors (Lipinski definition) is 5. The van der Waals surface area contributed by atoms with Crippen molar-refractivity contribution in [2.45, 2.75) is 45.2 Å². The maximum Gasteiger partial charge on any atom is 0.317 e. The smallest absolute Gasteiger partial charge is 0.317 e. The van der Waals surface area contributed by atoms with Gasteiger partial charge in [0.05, 0.1) is 0 Å².